The maximum atomic E-state index is 11.2. The second-order valence-corrected chi connectivity index (χ2v) is 3.74. The lowest BCUT2D eigenvalue weighted by atomic mass is 10.0. The van der Waals surface area contributed by atoms with Gasteiger partial charge in [0.15, 0.2) is 0 Å². The number of benzene rings is 1. The molecule has 0 aliphatic carbocycles. The Kier molecular flexibility index (Phi) is 3.10. The Bertz CT molecular complexity index is 533. The van der Waals surface area contributed by atoms with E-state index < -0.39 is 5.97 Å². The van der Waals surface area contributed by atoms with Crippen LogP contribution in [0.25, 0.3) is 11.6 Å². The molecule has 1 N–H and O–H groups in total. The van der Waals surface area contributed by atoms with E-state index in [-0.39, 0.29) is 5.57 Å². The monoisotopic (exact) mass is 228 g/mol. The third-order valence-corrected chi connectivity index (χ3v) is 2.42. The molecule has 0 saturated heterocycles. The van der Waals surface area contributed by atoms with Gasteiger partial charge in [0.2, 0.25) is 0 Å². The summed E-state index contributed by atoms with van der Waals surface area (Å²) >= 11 is 0. The minimum atomic E-state index is -0.967. The van der Waals surface area contributed by atoms with Gasteiger partial charge < -0.3 is 9.52 Å². The summed E-state index contributed by atoms with van der Waals surface area (Å²) in [6.07, 6.45) is 3.04. The summed E-state index contributed by atoms with van der Waals surface area (Å²) < 4.78 is 5.12. The number of carboxylic acid groups (broad SMARTS) is 1. The highest BCUT2D eigenvalue weighted by molar-refractivity contribution is 6.20. The molecule has 0 spiro atoms. The largest absolute Gasteiger partial charge is 0.478 e. The summed E-state index contributed by atoms with van der Waals surface area (Å²) in [7, 11) is 0. The van der Waals surface area contributed by atoms with Gasteiger partial charge >= 0.3 is 5.97 Å². The molecule has 0 bridgehead atoms. The molecule has 0 aliphatic heterocycles. The fourth-order valence-corrected chi connectivity index (χ4v) is 1.52. The lowest BCUT2D eigenvalue weighted by Gasteiger charge is -2.02. The van der Waals surface area contributed by atoms with Gasteiger partial charge in [-0.3, -0.25) is 0 Å². The molecule has 0 amide bonds. The van der Waals surface area contributed by atoms with Crippen LogP contribution in [0.15, 0.2) is 47.1 Å². The van der Waals surface area contributed by atoms with Crippen LogP contribution in [0.3, 0.4) is 0 Å². The van der Waals surface area contributed by atoms with Gasteiger partial charge in [0.05, 0.1) is 11.8 Å². The number of aliphatic carboxylic acids is 1. The third-order valence-electron chi connectivity index (χ3n) is 2.42. The summed E-state index contributed by atoms with van der Waals surface area (Å²) in [4.78, 5) is 11.2. The Morgan fingerprint density at radius 2 is 1.94 bits per heavy atom. The van der Waals surface area contributed by atoms with Crippen molar-refractivity contribution in [1.82, 2.24) is 0 Å². The maximum Gasteiger partial charge on any atom is 0.336 e. The topological polar surface area (TPSA) is 50.4 Å². The van der Waals surface area contributed by atoms with Gasteiger partial charge in [-0.2, -0.15) is 0 Å². The zero-order chi connectivity index (χ0) is 12.3. The maximum absolute atomic E-state index is 11.2. The molecule has 3 nitrogen and oxygen atoms in total. The van der Waals surface area contributed by atoms with Crippen molar-refractivity contribution in [3.63, 3.8) is 0 Å². The Balaban J connectivity index is 2.43. The Morgan fingerprint density at radius 3 is 2.47 bits per heavy atom. The van der Waals surface area contributed by atoms with E-state index in [0.29, 0.717) is 11.3 Å². The molecule has 0 aliphatic rings. The van der Waals surface area contributed by atoms with E-state index in [1.54, 1.807) is 24.3 Å². The highest BCUT2D eigenvalue weighted by atomic mass is 16.4. The van der Waals surface area contributed by atoms with Crippen LogP contribution in [-0.4, -0.2) is 11.1 Å². The van der Waals surface area contributed by atoms with E-state index in [2.05, 4.69) is 0 Å². The van der Waals surface area contributed by atoms with Crippen LogP contribution in [0.4, 0.5) is 0 Å². The van der Waals surface area contributed by atoms with Crippen LogP contribution in [0.2, 0.25) is 0 Å². The van der Waals surface area contributed by atoms with Crippen LogP contribution in [-0.2, 0) is 4.79 Å². The number of aryl methyl sites for hydroxylation is 1. The summed E-state index contributed by atoms with van der Waals surface area (Å²) in [5.41, 5.74) is 1.98. The van der Waals surface area contributed by atoms with E-state index >= 15 is 0 Å². The average Bonchev–Trinajstić information content (AvgIpc) is 2.80. The summed E-state index contributed by atoms with van der Waals surface area (Å²) in [6.45, 7) is 1.96. The van der Waals surface area contributed by atoms with Crippen LogP contribution in [0.1, 0.15) is 16.9 Å². The van der Waals surface area contributed by atoms with Crippen LogP contribution < -0.4 is 0 Å². The molecule has 1 aromatic heterocycles. The Hall–Kier alpha value is -2.29. The van der Waals surface area contributed by atoms with Gasteiger partial charge in [0.1, 0.15) is 5.76 Å². The van der Waals surface area contributed by atoms with Crippen LogP contribution >= 0.6 is 0 Å². The smallest absolute Gasteiger partial charge is 0.336 e. The molecule has 1 heterocycles. The van der Waals surface area contributed by atoms with Crippen molar-refractivity contribution in [2.24, 2.45) is 0 Å². The van der Waals surface area contributed by atoms with E-state index in [1.165, 1.54) is 12.3 Å². The fraction of sp³-hybridized carbons (Fsp3) is 0.0714. The normalized spacial score (nSPS) is 11.5. The van der Waals surface area contributed by atoms with Crippen molar-refractivity contribution in [2.75, 3.05) is 0 Å². The van der Waals surface area contributed by atoms with Crippen molar-refractivity contribution in [3.05, 3.63) is 59.5 Å². The standard InChI is InChI=1S/C14H12O3/c1-10-4-6-11(7-5-10)13(14(15)16)9-12-3-2-8-17-12/h2-9H,1H3,(H,15,16)/b13-9+. The first kappa shape index (κ1) is 11.2. The van der Waals surface area contributed by atoms with E-state index in [1.807, 2.05) is 19.1 Å². The van der Waals surface area contributed by atoms with Gasteiger partial charge in [-0.1, -0.05) is 29.8 Å². The molecule has 1 aromatic carbocycles. The number of hydrogen-bond donors (Lipinski definition) is 1. The fourth-order valence-electron chi connectivity index (χ4n) is 1.52. The quantitative estimate of drug-likeness (QED) is 0.820. The SMILES string of the molecule is Cc1ccc(/C(=C\c2ccco2)C(=O)O)cc1. The van der Waals surface area contributed by atoms with Crippen molar-refractivity contribution in [2.45, 2.75) is 6.92 Å². The van der Waals surface area contributed by atoms with E-state index in [9.17, 15) is 9.90 Å². The Morgan fingerprint density at radius 1 is 1.24 bits per heavy atom. The molecule has 2 aromatic rings. The number of carbonyl (C=O) groups is 1. The minimum absolute atomic E-state index is 0.222. The molecule has 3 heteroatoms. The Labute approximate surface area is 99.0 Å². The summed E-state index contributed by atoms with van der Waals surface area (Å²) in [5, 5.41) is 9.18. The molecule has 0 fully saturated rings. The second kappa shape index (κ2) is 4.70. The zero-order valence-electron chi connectivity index (χ0n) is 9.38. The molecule has 0 unspecified atom stereocenters. The molecular formula is C14H12O3. The highest BCUT2D eigenvalue weighted by Gasteiger charge is 2.10. The average molecular weight is 228 g/mol. The molecule has 2 rings (SSSR count). The number of hydrogen-bond acceptors (Lipinski definition) is 2. The van der Waals surface area contributed by atoms with E-state index in [0.717, 1.165) is 5.56 Å². The van der Waals surface area contributed by atoms with Crippen molar-refractivity contribution in [1.29, 1.82) is 0 Å². The molecule has 0 atom stereocenters. The molecule has 0 radical (unpaired) electrons. The van der Waals surface area contributed by atoms with Gasteiger partial charge in [-0.15, -0.1) is 0 Å². The first-order chi connectivity index (χ1) is 8.16. The first-order valence-electron chi connectivity index (χ1n) is 5.22. The highest BCUT2D eigenvalue weighted by Crippen LogP contribution is 2.19. The van der Waals surface area contributed by atoms with Crippen LogP contribution in [0, 0.1) is 6.92 Å². The van der Waals surface area contributed by atoms with E-state index in [4.69, 9.17) is 4.42 Å². The second-order valence-electron chi connectivity index (χ2n) is 3.74. The predicted molar refractivity (Wildman–Crippen MR) is 65.4 cm³/mol. The molecule has 86 valence electrons. The lowest BCUT2D eigenvalue weighted by molar-refractivity contribution is -0.130. The predicted octanol–water partition coefficient (Wildman–Crippen LogP) is 3.21. The number of furan rings is 1. The molecule has 17 heavy (non-hydrogen) atoms. The molecule has 0 saturated carbocycles. The zero-order valence-corrected chi connectivity index (χ0v) is 9.38. The van der Waals surface area contributed by atoms with Gasteiger partial charge in [-0.25, -0.2) is 4.79 Å². The van der Waals surface area contributed by atoms with Crippen molar-refractivity contribution >= 4 is 17.6 Å². The van der Waals surface area contributed by atoms with Crippen molar-refractivity contribution in [3.8, 4) is 0 Å². The lowest BCUT2D eigenvalue weighted by Crippen LogP contribution is -1.99. The first-order valence-corrected chi connectivity index (χ1v) is 5.22. The van der Waals surface area contributed by atoms with Gasteiger partial charge in [0.25, 0.3) is 0 Å². The molecular weight excluding hydrogens is 216 g/mol. The van der Waals surface area contributed by atoms with Crippen LogP contribution in [0.5, 0.6) is 0 Å². The van der Waals surface area contributed by atoms with Gasteiger partial charge in [0, 0.05) is 0 Å². The number of rotatable bonds is 3. The van der Waals surface area contributed by atoms with Gasteiger partial charge in [-0.05, 0) is 30.7 Å². The summed E-state index contributed by atoms with van der Waals surface area (Å²) in [6, 6.07) is 10.8. The summed E-state index contributed by atoms with van der Waals surface area (Å²) in [5.74, 6) is -0.437. The number of carboxylic acids is 1. The minimum Gasteiger partial charge on any atom is -0.478 e. The van der Waals surface area contributed by atoms with Crippen molar-refractivity contribution < 1.29 is 14.3 Å². The third kappa shape index (κ3) is 2.64.